The minimum absolute atomic E-state index is 0.257. The average Bonchev–Trinajstić information content (AvgIpc) is 2.32. The van der Waals surface area contributed by atoms with Crippen LogP contribution in [0.1, 0.15) is 39.2 Å². The first-order chi connectivity index (χ1) is 8.86. The summed E-state index contributed by atoms with van der Waals surface area (Å²) in [6, 6.07) is 4.71. The molecule has 2 rings (SSSR count). The highest BCUT2D eigenvalue weighted by molar-refractivity contribution is 5.46. The van der Waals surface area contributed by atoms with Gasteiger partial charge in [-0.3, -0.25) is 4.90 Å². The third-order valence-corrected chi connectivity index (χ3v) is 4.31. The lowest BCUT2D eigenvalue weighted by Gasteiger charge is -2.38. The number of benzene rings is 1. The van der Waals surface area contributed by atoms with Crippen molar-refractivity contribution in [3.05, 3.63) is 29.6 Å². The van der Waals surface area contributed by atoms with E-state index in [1.54, 1.807) is 6.07 Å². The van der Waals surface area contributed by atoms with Gasteiger partial charge in [0.1, 0.15) is 5.82 Å². The first-order valence-corrected chi connectivity index (χ1v) is 7.12. The molecule has 1 aliphatic rings. The zero-order valence-electron chi connectivity index (χ0n) is 12.2. The van der Waals surface area contributed by atoms with Gasteiger partial charge in [0.2, 0.25) is 0 Å². The Labute approximate surface area is 115 Å². The normalized spacial score (nSPS) is 18.7. The van der Waals surface area contributed by atoms with Crippen LogP contribution in [-0.2, 0) is 6.54 Å². The van der Waals surface area contributed by atoms with Gasteiger partial charge in [-0.15, -0.1) is 0 Å². The first-order valence-electron chi connectivity index (χ1n) is 7.12. The number of nitrogen functional groups attached to an aromatic ring is 1. The molecular formula is C16H25FN2. The van der Waals surface area contributed by atoms with E-state index in [9.17, 15) is 4.39 Å². The van der Waals surface area contributed by atoms with Gasteiger partial charge in [-0.25, -0.2) is 4.39 Å². The molecule has 1 aromatic rings. The molecular weight excluding hydrogens is 239 g/mol. The van der Waals surface area contributed by atoms with Gasteiger partial charge in [-0.05, 0) is 55.0 Å². The van der Waals surface area contributed by atoms with Gasteiger partial charge in [0.05, 0.1) is 0 Å². The van der Waals surface area contributed by atoms with Crippen molar-refractivity contribution in [2.45, 2.75) is 40.2 Å². The standard InChI is InChI=1S/C16H25FN2/c1-16(2,3)13-6-8-19(9-7-13)11-12-4-5-14(17)10-15(12)18/h4-5,10,13H,6-9,11,18H2,1-3H3. The molecule has 0 amide bonds. The minimum atomic E-state index is -0.257. The Morgan fingerprint density at radius 2 is 1.89 bits per heavy atom. The Bertz CT molecular complexity index is 429. The Morgan fingerprint density at radius 3 is 2.42 bits per heavy atom. The van der Waals surface area contributed by atoms with Crippen molar-refractivity contribution >= 4 is 5.69 Å². The predicted octanol–water partition coefficient (Wildman–Crippen LogP) is 3.67. The van der Waals surface area contributed by atoms with Crippen LogP contribution in [0.3, 0.4) is 0 Å². The van der Waals surface area contributed by atoms with Crippen molar-refractivity contribution in [1.29, 1.82) is 0 Å². The highest BCUT2D eigenvalue weighted by atomic mass is 19.1. The molecule has 0 bridgehead atoms. The van der Waals surface area contributed by atoms with Crippen LogP contribution in [0.2, 0.25) is 0 Å². The predicted molar refractivity (Wildman–Crippen MR) is 78.3 cm³/mol. The lowest BCUT2D eigenvalue weighted by Crippen LogP contribution is -2.37. The number of likely N-dealkylation sites (tertiary alicyclic amines) is 1. The second-order valence-corrected chi connectivity index (χ2v) is 6.76. The van der Waals surface area contributed by atoms with Gasteiger partial charge < -0.3 is 5.73 Å². The van der Waals surface area contributed by atoms with Crippen molar-refractivity contribution in [1.82, 2.24) is 4.90 Å². The largest absolute Gasteiger partial charge is 0.398 e. The number of anilines is 1. The van der Waals surface area contributed by atoms with E-state index in [4.69, 9.17) is 5.73 Å². The zero-order valence-corrected chi connectivity index (χ0v) is 12.2. The van der Waals surface area contributed by atoms with Crippen LogP contribution >= 0.6 is 0 Å². The molecule has 3 heteroatoms. The van der Waals surface area contributed by atoms with Crippen molar-refractivity contribution in [3.8, 4) is 0 Å². The molecule has 0 radical (unpaired) electrons. The van der Waals surface area contributed by atoms with Crippen LogP contribution in [0.15, 0.2) is 18.2 Å². The third-order valence-electron chi connectivity index (χ3n) is 4.31. The maximum absolute atomic E-state index is 13.0. The van der Waals surface area contributed by atoms with E-state index in [2.05, 4.69) is 25.7 Å². The van der Waals surface area contributed by atoms with E-state index < -0.39 is 0 Å². The van der Waals surface area contributed by atoms with Crippen molar-refractivity contribution < 1.29 is 4.39 Å². The highest BCUT2D eigenvalue weighted by Crippen LogP contribution is 2.34. The topological polar surface area (TPSA) is 29.3 Å². The van der Waals surface area contributed by atoms with E-state index in [1.807, 2.05) is 0 Å². The average molecular weight is 264 g/mol. The summed E-state index contributed by atoms with van der Waals surface area (Å²) in [4.78, 5) is 2.42. The highest BCUT2D eigenvalue weighted by Gasteiger charge is 2.28. The Morgan fingerprint density at radius 1 is 1.26 bits per heavy atom. The molecule has 1 fully saturated rings. The maximum atomic E-state index is 13.0. The van der Waals surface area contributed by atoms with Crippen LogP contribution < -0.4 is 5.73 Å². The molecule has 19 heavy (non-hydrogen) atoms. The van der Waals surface area contributed by atoms with Gasteiger partial charge in [-0.1, -0.05) is 26.8 Å². The molecule has 2 nitrogen and oxygen atoms in total. The number of rotatable bonds is 2. The second kappa shape index (κ2) is 5.49. The number of halogens is 1. The summed E-state index contributed by atoms with van der Waals surface area (Å²) < 4.78 is 13.0. The monoisotopic (exact) mass is 264 g/mol. The molecule has 0 aromatic heterocycles. The summed E-state index contributed by atoms with van der Waals surface area (Å²) in [7, 11) is 0. The fourth-order valence-electron chi connectivity index (χ4n) is 2.91. The third kappa shape index (κ3) is 3.69. The summed E-state index contributed by atoms with van der Waals surface area (Å²) in [6.45, 7) is 10.0. The Balaban J connectivity index is 1.92. The summed E-state index contributed by atoms with van der Waals surface area (Å²) in [5.74, 6) is 0.544. The molecule has 0 atom stereocenters. The molecule has 0 unspecified atom stereocenters. The second-order valence-electron chi connectivity index (χ2n) is 6.76. The quantitative estimate of drug-likeness (QED) is 0.826. The van der Waals surface area contributed by atoms with Crippen molar-refractivity contribution in [3.63, 3.8) is 0 Å². The van der Waals surface area contributed by atoms with Gasteiger partial charge in [-0.2, -0.15) is 0 Å². The maximum Gasteiger partial charge on any atom is 0.125 e. The van der Waals surface area contributed by atoms with Gasteiger partial charge in [0, 0.05) is 12.2 Å². The van der Waals surface area contributed by atoms with Crippen LogP contribution in [0.25, 0.3) is 0 Å². The van der Waals surface area contributed by atoms with E-state index in [0.717, 1.165) is 31.1 Å². The van der Waals surface area contributed by atoms with Crippen LogP contribution in [0.4, 0.5) is 10.1 Å². The molecule has 0 aliphatic carbocycles. The van der Waals surface area contributed by atoms with Gasteiger partial charge in [0.15, 0.2) is 0 Å². The molecule has 106 valence electrons. The molecule has 2 N–H and O–H groups in total. The smallest absolute Gasteiger partial charge is 0.125 e. The molecule has 1 aliphatic heterocycles. The van der Waals surface area contributed by atoms with Crippen LogP contribution in [0.5, 0.6) is 0 Å². The van der Waals surface area contributed by atoms with E-state index >= 15 is 0 Å². The molecule has 1 saturated heterocycles. The van der Waals surface area contributed by atoms with Gasteiger partial charge >= 0.3 is 0 Å². The summed E-state index contributed by atoms with van der Waals surface area (Å²) >= 11 is 0. The van der Waals surface area contributed by atoms with Gasteiger partial charge in [0.25, 0.3) is 0 Å². The minimum Gasteiger partial charge on any atom is -0.398 e. The molecule has 0 spiro atoms. The number of piperidine rings is 1. The summed E-state index contributed by atoms with van der Waals surface area (Å²) in [6.07, 6.45) is 2.48. The molecule has 1 aromatic carbocycles. The van der Waals surface area contributed by atoms with E-state index in [1.165, 1.54) is 25.0 Å². The van der Waals surface area contributed by atoms with Crippen LogP contribution in [0, 0.1) is 17.2 Å². The number of nitrogens with zero attached hydrogens (tertiary/aromatic N) is 1. The zero-order chi connectivity index (χ0) is 14.0. The van der Waals surface area contributed by atoms with E-state index in [-0.39, 0.29) is 5.82 Å². The summed E-state index contributed by atoms with van der Waals surface area (Å²) in [5.41, 5.74) is 7.88. The molecule has 0 saturated carbocycles. The Hall–Kier alpha value is -1.09. The van der Waals surface area contributed by atoms with E-state index in [0.29, 0.717) is 11.1 Å². The molecule has 1 heterocycles. The van der Waals surface area contributed by atoms with Crippen LogP contribution in [-0.4, -0.2) is 18.0 Å². The number of hydrogen-bond donors (Lipinski definition) is 1. The van der Waals surface area contributed by atoms with Crippen molar-refractivity contribution in [2.75, 3.05) is 18.8 Å². The summed E-state index contributed by atoms with van der Waals surface area (Å²) in [5, 5.41) is 0. The number of nitrogens with two attached hydrogens (primary N) is 1. The fourth-order valence-corrected chi connectivity index (χ4v) is 2.91. The SMILES string of the molecule is CC(C)(C)C1CCN(Cc2ccc(F)cc2N)CC1. The first kappa shape index (κ1) is 14.3. The lowest BCUT2D eigenvalue weighted by molar-refractivity contribution is 0.108. The van der Waals surface area contributed by atoms with Crippen molar-refractivity contribution in [2.24, 2.45) is 11.3 Å². The Kier molecular flexibility index (Phi) is 4.14. The fraction of sp³-hybridized carbons (Fsp3) is 0.625. The lowest BCUT2D eigenvalue weighted by atomic mass is 9.75. The number of hydrogen-bond acceptors (Lipinski definition) is 2.